The number of nitrogens with zero attached hydrogens (tertiary/aromatic N) is 2. The fourth-order valence-electron chi connectivity index (χ4n) is 1.68. The van der Waals surface area contributed by atoms with Gasteiger partial charge in [-0.2, -0.15) is 5.10 Å². The second kappa shape index (κ2) is 4.81. The highest BCUT2D eigenvalue weighted by molar-refractivity contribution is 7.92. The van der Waals surface area contributed by atoms with Gasteiger partial charge in [0.1, 0.15) is 0 Å². The van der Waals surface area contributed by atoms with Gasteiger partial charge in [0.15, 0.2) is 0 Å². The maximum absolute atomic E-state index is 12.1. The van der Waals surface area contributed by atoms with E-state index in [0.717, 1.165) is 5.69 Å². The predicted octanol–water partition coefficient (Wildman–Crippen LogP) is 1.78. The molecule has 1 heterocycles. The van der Waals surface area contributed by atoms with Crippen LogP contribution >= 0.6 is 0 Å². The lowest BCUT2D eigenvalue weighted by Crippen LogP contribution is -2.13. The summed E-state index contributed by atoms with van der Waals surface area (Å²) in [5.41, 5.74) is 1.26. The number of aromatic nitrogens is 2. The van der Waals surface area contributed by atoms with Crippen molar-refractivity contribution in [1.29, 1.82) is 0 Å². The summed E-state index contributed by atoms with van der Waals surface area (Å²) < 4.78 is 28.4. The van der Waals surface area contributed by atoms with Gasteiger partial charge in [-0.25, -0.2) is 8.42 Å². The summed E-state index contributed by atoms with van der Waals surface area (Å²) in [5.74, 6) is 0. The Morgan fingerprint density at radius 3 is 2.56 bits per heavy atom. The summed E-state index contributed by atoms with van der Waals surface area (Å²) in [6.07, 6.45) is 2.34. The number of hydrogen-bond donors (Lipinski definition) is 1. The average molecular weight is 265 g/mol. The molecule has 0 spiro atoms. The van der Waals surface area contributed by atoms with E-state index < -0.39 is 10.0 Å². The topological polar surface area (TPSA) is 64.0 Å². The quantitative estimate of drug-likeness (QED) is 0.916. The molecule has 1 aromatic carbocycles. The maximum atomic E-state index is 12.1. The van der Waals surface area contributed by atoms with Gasteiger partial charge in [0.05, 0.1) is 16.3 Å². The van der Waals surface area contributed by atoms with Crippen molar-refractivity contribution in [2.45, 2.75) is 18.2 Å². The summed E-state index contributed by atoms with van der Waals surface area (Å²) in [7, 11) is -1.77. The summed E-state index contributed by atoms with van der Waals surface area (Å²) in [6.45, 7) is 1.93. The lowest BCUT2D eigenvalue weighted by Gasteiger charge is -2.06. The molecule has 0 saturated heterocycles. The van der Waals surface area contributed by atoms with Crippen LogP contribution in [-0.4, -0.2) is 18.2 Å². The summed E-state index contributed by atoms with van der Waals surface area (Å²) in [4.78, 5) is 0.246. The average Bonchev–Trinajstić information content (AvgIpc) is 2.70. The van der Waals surface area contributed by atoms with Crippen LogP contribution in [0.1, 0.15) is 12.6 Å². The number of benzene rings is 1. The van der Waals surface area contributed by atoms with Crippen LogP contribution in [-0.2, 0) is 23.5 Å². The first-order valence-electron chi connectivity index (χ1n) is 5.63. The molecular weight excluding hydrogens is 250 g/mol. The van der Waals surface area contributed by atoms with Gasteiger partial charge >= 0.3 is 0 Å². The number of nitrogens with one attached hydrogen (secondary N) is 1. The van der Waals surface area contributed by atoms with Crippen molar-refractivity contribution in [3.8, 4) is 0 Å². The summed E-state index contributed by atoms with van der Waals surface area (Å²) in [5, 5.41) is 4.20. The molecule has 2 aromatic rings. The lowest BCUT2D eigenvalue weighted by molar-refractivity contribution is 0.601. The van der Waals surface area contributed by atoms with E-state index in [-0.39, 0.29) is 4.90 Å². The van der Waals surface area contributed by atoms with Crippen molar-refractivity contribution in [3.63, 3.8) is 0 Å². The van der Waals surface area contributed by atoms with E-state index in [1.807, 2.05) is 6.92 Å². The molecule has 6 heteroatoms. The van der Waals surface area contributed by atoms with E-state index in [9.17, 15) is 8.42 Å². The second-order valence-electron chi connectivity index (χ2n) is 3.94. The molecule has 0 radical (unpaired) electrons. The fourth-order valence-corrected chi connectivity index (χ4v) is 2.78. The molecule has 0 amide bonds. The minimum absolute atomic E-state index is 0.246. The van der Waals surface area contributed by atoms with E-state index in [4.69, 9.17) is 0 Å². The van der Waals surface area contributed by atoms with Crippen molar-refractivity contribution >= 4 is 15.7 Å². The van der Waals surface area contributed by atoms with Crippen molar-refractivity contribution in [3.05, 3.63) is 42.2 Å². The van der Waals surface area contributed by atoms with Gasteiger partial charge in [0, 0.05) is 13.2 Å². The van der Waals surface area contributed by atoms with Gasteiger partial charge in [-0.15, -0.1) is 0 Å². The molecule has 5 nitrogen and oxygen atoms in total. The van der Waals surface area contributed by atoms with Crippen molar-refractivity contribution < 1.29 is 8.42 Å². The van der Waals surface area contributed by atoms with Crippen LogP contribution in [0.25, 0.3) is 0 Å². The van der Waals surface area contributed by atoms with Crippen LogP contribution in [0.2, 0.25) is 0 Å². The molecule has 2 rings (SSSR count). The standard InChI is InChI=1S/C12H15N3O2S/c1-3-11-12(9-15(2)13-11)14-18(16,17)10-7-5-4-6-8-10/h4-9,14H,3H2,1-2H3. The van der Waals surface area contributed by atoms with E-state index in [1.165, 1.54) is 0 Å². The minimum atomic E-state index is -3.54. The van der Waals surface area contributed by atoms with E-state index in [0.29, 0.717) is 12.1 Å². The van der Waals surface area contributed by atoms with Crippen molar-refractivity contribution in [2.75, 3.05) is 4.72 Å². The summed E-state index contributed by atoms with van der Waals surface area (Å²) >= 11 is 0. The highest BCUT2D eigenvalue weighted by Gasteiger charge is 2.16. The van der Waals surface area contributed by atoms with Gasteiger partial charge < -0.3 is 0 Å². The van der Waals surface area contributed by atoms with E-state index in [2.05, 4.69) is 9.82 Å². The lowest BCUT2D eigenvalue weighted by atomic mass is 10.3. The van der Waals surface area contributed by atoms with Gasteiger partial charge in [0.2, 0.25) is 0 Å². The Labute approximate surface area is 107 Å². The molecule has 0 bridgehead atoms. The molecule has 1 aromatic heterocycles. The largest absolute Gasteiger partial charge is 0.276 e. The van der Waals surface area contributed by atoms with Gasteiger partial charge in [-0.1, -0.05) is 25.1 Å². The minimum Gasteiger partial charge on any atom is -0.276 e. The van der Waals surface area contributed by atoms with Crippen LogP contribution in [0, 0.1) is 0 Å². The Kier molecular flexibility index (Phi) is 3.38. The zero-order chi connectivity index (χ0) is 13.2. The van der Waals surface area contributed by atoms with Crippen molar-refractivity contribution in [2.24, 2.45) is 7.05 Å². The molecule has 0 fully saturated rings. The molecule has 0 atom stereocenters. The first kappa shape index (κ1) is 12.6. The van der Waals surface area contributed by atoms with Gasteiger partial charge in [-0.05, 0) is 18.6 Å². The van der Waals surface area contributed by atoms with Gasteiger partial charge in [-0.3, -0.25) is 9.40 Å². The monoisotopic (exact) mass is 265 g/mol. The predicted molar refractivity (Wildman–Crippen MR) is 69.8 cm³/mol. The first-order valence-corrected chi connectivity index (χ1v) is 7.11. The first-order chi connectivity index (χ1) is 8.53. The Morgan fingerprint density at radius 1 is 1.28 bits per heavy atom. The summed E-state index contributed by atoms with van der Waals surface area (Å²) in [6, 6.07) is 8.28. The molecule has 0 aliphatic rings. The van der Waals surface area contributed by atoms with Crippen LogP contribution < -0.4 is 4.72 Å². The number of sulfonamides is 1. The van der Waals surface area contributed by atoms with E-state index >= 15 is 0 Å². The molecule has 1 N–H and O–H groups in total. The number of anilines is 1. The van der Waals surface area contributed by atoms with Crippen LogP contribution in [0.4, 0.5) is 5.69 Å². The highest BCUT2D eigenvalue weighted by atomic mass is 32.2. The third-order valence-electron chi connectivity index (χ3n) is 2.54. The SMILES string of the molecule is CCc1nn(C)cc1NS(=O)(=O)c1ccccc1. The maximum Gasteiger partial charge on any atom is 0.262 e. The van der Waals surface area contributed by atoms with Crippen LogP contribution in [0.3, 0.4) is 0 Å². The zero-order valence-corrected chi connectivity index (χ0v) is 11.1. The Balaban J connectivity index is 2.34. The highest BCUT2D eigenvalue weighted by Crippen LogP contribution is 2.19. The smallest absolute Gasteiger partial charge is 0.262 e. The molecule has 0 unspecified atom stereocenters. The molecule has 0 aliphatic carbocycles. The van der Waals surface area contributed by atoms with Crippen molar-refractivity contribution in [1.82, 2.24) is 9.78 Å². The number of aryl methyl sites for hydroxylation is 2. The van der Waals surface area contributed by atoms with E-state index in [1.54, 1.807) is 48.3 Å². The Bertz CT molecular complexity index is 633. The Hall–Kier alpha value is -1.82. The molecule has 0 aliphatic heterocycles. The van der Waals surface area contributed by atoms with Crippen LogP contribution in [0.5, 0.6) is 0 Å². The third kappa shape index (κ3) is 2.53. The molecule has 96 valence electrons. The molecule has 0 saturated carbocycles. The van der Waals surface area contributed by atoms with Crippen LogP contribution in [0.15, 0.2) is 41.4 Å². The zero-order valence-electron chi connectivity index (χ0n) is 10.3. The Morgan fingerprint density at radius 2 is 1.94 bits per heavy atom. The number of hydrogen-bond acceptors (Lipinski definition) is 3. The normalized spacial score (nSPS) is 11.4. The number of rotatable bonds is 4. The second-order valence-corrected chi connectivity index (χ2v) is 5.62. The van der Waals surface area contributed by atoms with Gasteiger partial charge in [0.25, 0.3) is 10.0 Å². The molecule has 18 heavy (non-hydrogen) atoms. The molecular formula is C12H15N3O2S. The fraction of sp³-hybridized carbons (Fsp3) is 0.250. The third-order valence-corrected chi connectivity index (χ3v) is 3.92.